The summed E-state index contributed by atoms with van der Waals surface area (Å²) in [6.45, 7) is 3.62. The van der Waals surface area contributed by atoms with E-state index in [9.17, 15) is 0 Å². The van der Waals surface area contributed by atoms with Gasteiger partial charge in [-0.25, -0.2) is 0 Å². The van der Waals surface area contributed by atoms with Crippen LogP contribution in [0.1, 0.15) is 13.8 Å². The summed E-state index contributed by atoms with van der Waals surface area (Å²) in [4.78, 5) is 8.79. The maximum atomic E-state index is 8.79. The van der Waals surface area contributed by atoms with Crippen molar-refractivity contribution in [2.75, 3.05) is 0 Å². The molecular formula is C3H13N2OP. The van der Waals surface area contributed by atoms with Gasteiger partial charge in [0, 0.05) is 0 Å². The molecule has 0 radical (unpaired) electrons. The molecule has 0 heterocycles. The van der Waals surface area contributed by atoms with Crippen LogP contribution >= 0.6 is 7.79 Å². The van der Waals surface area contributed by atoms with E-state index in [0.29, 0.717) is 0 Å². The van der Waals surface area contributed by atoms with Crippen molar-refractivity contribution in [3.05, 3.63) is 0 Å². The molecule has 0 aliphatic rings. The predicted molar refractivity (Wildman–Crippen MR) is 34.0 cm³/mol. The number of hydrogen-bond acceptors (Lipinski definition) is 3. The van der Waals surface area contributed by atoms with Crippen LogP contribution in [-0.4, -0.2) is 10.6 Å². The molecule has 0 rings (SSSR count). The quantitative estimate of drug-likeness (QED) is 0.424. The summed E-state index contributed by atoms with van der Waals surface area (Å²) in [5.74, 6) is 0. The van der Waals surface area contributed by atoms with Crippen LogP contribution in [0.2, 0.25) is 0 Å². The van der Waals surface area contributed by atoms with Gasteiger partial charge in [-0.3, -0.25) is 0 Å². The zero-order valence-electron chi connectivity index (χ0n) is 4.68. The van der Waals surface area contributed by atoms with Crippen LogP contribution in [0.15, 0.2) is 0 Å². The van der Waals surface area contributed by atoms with E-state index >= 15 is 0 Å². The molecule has 3 nitrogen and oxygen atoms in total. The van der Waals surface area contributed by atoms with Crippen molar-refractivity contribution < 1.29 is 4.89 Å². The Hall–Kier alpha value is 0.310. The molecule has 0 atom stereocenters. The molecule has 0 fully saturated rings. The minimum atomic E-state index is -2.73. The van der Waals surface area contributed by atoms with Gasteiger partial charge in [0.1, 0.15) is 0 Å². The molecular weight excluding hydrogens is 111 g/mol. The van der Waals surface area contributed by atoms with E-state index in [4.69, 9.17) is 15.9 Å². The average molecular weight is 124 g/mol. The van der Waals surface area contributed by atoms with Crippen LogP contribution in [0, 0.1) is 0 Å². The number of rotatable bonds is 1. The van der Waals surface area contributed by atoms with Crippen molar-refractivity contribution in [1.82, 2.24) is 0 Å². The molecule has 46 valence electrons. The van der Waals surface area contributed by atoms with Gasteiger partial charge in [0.15, 0.2) is 0 Å². The SMILES string of the molecule is CC(C)[PH](N)(N)O. The Bertz CT molecular complexity index is 58.4. The molecule has 0 unspecified atom stereocenters. The van der Waals surface area contributed by atoms with Crippen LogP contribution < -0.4 is 11.0 Å². The maximum absolute atomic E-state index is 8.79. The van der Waals surface area contributed by atoms with Crippen molar-refractivity contribution in [2.45, 2.75) is 19.5 Å². The van der Waals surface area contributed by atoms with Gasteiger partial charge in [-0.15, -0.1) is 0 Å². The Kier molecular flexibility index (Phi) is 2.14. The summed E-state index contributed by atoms with van der Waals surface area (Å²) in [7, 11) is -2.73. The number of nitrogens with two attached hydrogens (primary N) is 2. The van der Waals surface area contributed by atoms with Crippen molar-refractivity contribution in [3.8, 4) is 0 Å². The second kappa shape index (κ2) is 2.05. The van der Waals surface area contributed by atoms with E-state index in [0.717, 1.165) is 0 Å². The Labute approximate surface area is 44.2 Å². The van der Waals surface area contributed by atoms with Crippen LogP contribution in [0.5, 0.6) is 0 Å². The summed E-state index contributed by atoms with van der Waals surface area (Å²) in [5, 5.41) is 0. The van der Waals surface area contributed by atoms with Gasteiger partial charge in [-0.1, -0.05) is 0 Å². The standard InChI is InChI=1S/C3H13N2OP/c1-3(2)7(4,5)6/h3,6-7H,4-5H2,1-2H3. The van der Waals surface area contributed by atoms with Crippen molar-refractivity contribution >= 4 is 7.79 Å². The zero-order valence-corrected chi connectivity index (χ0v) is 5.68. The molecule has 0 aliphatic carbocycles. The molecule has 7 heavy (non-hydrogen) atoms. The Morgan fingerprint density at radius 1 is 1.43 bits per heavy atom. The molecule has 0 saturated carbocycles. The summed E-state index contributed by atoms with van der Waals surface area (Å²) < 4.78 is 0. The molecule has 0 spiro atoms. The molecule has 0 bridgehead atoms. The summed E-state index contributed by atoms with van der Waals surface area (Å²) in [6, 6.07) is 0. The van der Waals surface area contributed by atoms with Gasteiger partial charge in [0.05, 0.1) is 0 Å². The molecule has 0 aromatic carbocycles. The molecule has 5 N–H and O–H groups in total. The van der Waals surface area contributed by atoms with Gasteiger partial charge in [0.25, 0.3) is 0 Å². The van der Waals surface area contributed by atoms with Crippen molar-refractivity contribution in [1.29, 1.82) is 0 Å². The normalized spacial score (nSPS) is 15.1. The first-order valence-corrected chi connectivity index (χ1v) is 4.42. The fourth-order valence-electron chi connectivity index (χ4n) is 0. The van der Waals surface area contributed by atoms with E-state index in [-0.39, 0.29) is 5.66 Å². The average Bonchev–Trinajstić information content (AvgIpc) is 1.31. The first-order valence-electron chi connectivity index (χ1n) is 2.24. The Balaban J connectivity index is 3.54. The van der Waals surface area contributed by atoms with E-state index in [1.807, 2.05) is 13.8 Å². The van der Waals surface area contributed by atoms with Crippen LogP contribution in [0.3, 0.4) is 0 Å². The summed E-state index contributed by atoms with van der Waals surface area (Å²) >= 11 is 0. The zero-order chi connectivity index (χ0) is 6.08. The van der Waals surface area contributed by atoms with Crippen molar-refractivity contribution in [2.24, 2.45) is 11.0 Å². The molecule has 0 aromatic rings. The van der Waals surface area contributed by atoms with E-state index < -0.39 is 7.79 Å². The van der Waals surface area contributed by atoms with Gasteiger partial charge in [-0.05, 0) is 0 Å². The van der Waals surface area contributed by atoms with Crippen LogP contribution in [0.25, 0.3) is 0 Å². The molecule has 4 heteroatoms. The summed E-state index contributed by atoms with van der Waals surface area (Å²) in [6.07, 6.45) is 0. The summed E-state index contributed by atoms with van der Waals surface area (Å²) in [5.41, 5.74) is 10.3. The van der Waals surface area contributed by atoms with Gasteiger partial charge >= 0.3 is 43.2 Å². The van der Waals surface area contributed by atoms with Gasteiger partial charge < -0.3 is 0 Å². The minimum absolute atomic E-state index is 0.0486. The molecule has 0 saturated heterocycles. The molecule has 0 amide bonds. The van der Waals surface area contributed by atoms with Crippen LogP contribution in [0.4, 0.5) is 0 Å². The van der Waals surface area contributed by atoms with E-state index in [2.05, 4.69) is 0 Å². The Morgan fingerprint density at radius 3 is 1.57 bits per heavy atom. The predicted octanol–water partition coefficient (Wildman–Crippen LogP) is -0.201. The van der Waals surface area contributed by atoms with Crippen molar-refractivity contribution in [3.63, 3.8) is 0 Å². The fraction of sp³-hybridized carbons (Fsp3) is 1.00. The first kappa shape index (κ1) is 7.31. The molecule has 0 aliphatic heterocycles. The third-order valence-corrected chi connectivity index (χ3v) is 2.77. The third-order valence-electron chi connectivity index (χ3n) is 0.925. The second-order valence-corrected chi connectivity index (χ2v) is 4.97. The second-order valence-electron chi connectivity index (χ2n) is 2.04. The third kappa shape index (κ3) is 2.94. The monoisotopic (exact) mass is 124 g/mol. The van der Waals surface area contributed by atoms with E-state index in [1.165, 1.54) is 0 Å². The Morgan fingerprint density at radius 2 is 1.57 bits per heavy atom. The van der Waals surface area contributed by atoms with Gasteiger partial charge in [-0.2, -0.15) is 0 Å². The fourth-order valence-corrected chi connectivity index (χ4v) is 0. The first-order chi connectivity index (χ1) is 2.94. The van der Waals surface area contributed by atoms with Crippen LogP contribution in [-0.2, 0) is 0 Å². The van der Waals surface area contributed by atoms with E-state index in [1.54, 1.807) is 0 Å². The van der Waals surface area contributed by atoms with Gasteiger partial charge in [0.2, 0.25) is 0 Å². The number of hydrogen-bond donors (Lipinski definition) is 3. The molecule has 0 aromatic heterocycles. The topological polar surface area (TPSA) is 72.3 Å².